The van der Waals surface area contributed by atoms with Crippen molar-refractivity contribution in [2.75, 3.05) is 5.32 Å². The van der Waals surface area contributed by atoms with Crippen molar-refractivity contribution in [1.82, 2.24) is 0 Å². The first-order valence-corrected chi connectivity index (χ1v) is 8.34. The summed E-state index contributed by atoms with van der Waals surface area (Å²) in [6.07, 6.45) is 1.88. The number of nitrogens with one attached hydrogen (secondary N) is 1. The maximum absolute atomic E-state index is 13.0. The second-order valence-corrected chi connectivity index (χ2v) is 6.51. The van der Waals surface area contributed by atoms with E-state index in [0.29, 0.717) is 21.3 Å². The Labute approximate surface area is 147 Å². The van der Waals surface area contributed by atoms with Gasteiger partial charge in [0.1, 0.15) is 12.4 Å². The minimum atomic E-state index is -0.480. The number of halogens is 2. The van der Waals surface area contributed by atoms with Crippen LogP contribution in [0.1, 0.15) is 28.8 Å². The lowest BCUT2D eigenvalue weighted by Gasteiger charge is -2.08. The Balaban J connectivity index is 1.57. The number of hydrogen-bond acceptors (Lipinski definition) is 3. The van der Waals surface area contributed by atoms with Crippen LogP contribution in [0.4, 0.5) is 10.1 Å². The van der Waals surface area contributed by atoms with Gasteiger partial charge in [0.25, 0.3) is 0 Å². The van der Waals surface area contributed by atoms with Crippen LogP contribution in [-0.2, 0) is 16.1 Å². The summed E-state index contributed by atoms with van der Waals surface area (Å²) in [6.45, 7) is 0.0415. The lowest BCUT2D eigenvalue weighted by molar-refractivity contribution is -0.117. The Hall–Kier alpha value is -2.21. The normalized spacial score (nSPS) is 13.4. The molecule has 6 heteroatoms. The van der Waals surface area contributed by atoms with Crippen molar-refractivity contribution in [3.05, 3.63) is 63.9 Å². The standard InChI is InChI=1S/C18H15BrFNO3/c19-16-9-14(20)6-3-13(16)10-24-18(23)12-4-7-15(8-5-12)21-17(22)11-1-2-11/h3-9,11H,1-2,10H2,(H,21,22). The molecule has 1 aliphatic rings. The molecule has 0 spiro atoms. The van der Waals surface area contributed by atoms with Crippen LogP contribution in [0.15, 0.2) is 46.9 Å². The average Bonchev–Trinajstić information content (AvgIpc) is 3.39. The van der Waals surface area contributed by atoms with Gasteiger partial charge in [-0.25, -0.2) is 9.18 Å². The molecule has 24 heavy (non-hydrogen) atoms. The predicted octanol–water partition coefficient (Wildman–Crippen LogP) is 4.29. The molecule has 1 amide bonds. The van der Waals surface area contributed by atoms with Crippen LogP contribution in [0.25, 0.3) is 0 Å². The molecule has 0 atom stereocenters. The number of benzene rings is 2. The number of carbonyl (C=O) groups excluding carboxylic acids is 2. The van der Waals surface area contributed by atoms with Gasteiger partial charge in [-0.1, -0.05) is 22.0 Å². The van der Waals surface area contributed by atoms with E-state index in [1.54, 1.807) is 30.3 Å². The van der Waals surface area contributed by atoms with E-state index in [2.05, 4.69) is 21.2 Å². The topological polar surface area (TPSA) is 55.4 Å². The molecule has 0 aromatic heterocycles. The SMILES string of the molecule is O=C(OCc1ccc(F)cc1Br)c1ccc(NC(=O)C2CC2)cc1. The first-order chi connectivity index (χ1) is 11.5. The zero-order chi connectivity index (χ0) is 17.1. The molecule has 1 fully saturated rings. The Bertz CT molecular complexity index is 772. The fourth-order valence-electron chi connectivity index (χ4n) is 2.14. The van der Waals surface area contributed by atoms with Gasteiger partial charge >= 0.3 is 5.97 Å². The molecule has 1 saturated carbocycles. The monoisotopic (exact) mass is 391 g/mol. The highest BCUT2D eigenvalue weighted by molar-refractivity contribution is 9.10. The van der Waals surface area contributed by atoms with Crippen molar-refractivity contribution in [3.63, 3.8) is 0 Å². The Morgan fingerprint density at radius 2 is 1.88 bits per heavy atom. The number of hydrogen-bond donors (Lipinski definition) is 1. The molecule has 0 radical (unpaired) electrons. The van der Waals surface area contributed by atoms with Crippen LogP contribution in [0.2, 0.25) is 0 Å². The molecular formula is C18H15BrFNO3. The van der Waals surface area contributed by atoms with E-state index in [9.17, 15) is 14.0 Å². The molecule has 0 bridgehead atoms. The Morgan fingerprint density at radius 1 is 1.17 bits per heavy atom. The van der Waals surface area contributed by atoms with E-state index in [1.807, 2.05) is 0 Å². The zero-order valence-corrected chi connectivity index (χ0v) is 14.3. The highest BCUT2D eigenvalue weighted by atomic mass is 79.9. The number of esters is 1. The predicted molar refractivity (Wildman–Crippen MR) is 91.0 cm³/mol. The molecule has 1 aliphatic carbocycles. The molecule has 4 nitrogen and oxygen atoms in total. The van der Waals surface area contributed by atoms with Crippen molar-refractivity contribution >= 4 is 33.5 Å². The van der Waals surface area contributed by atoms with Crippen molar-refractivity contribution < 1.29 is 18.7 Å². The number of anilines is 1. The Kier molecular flexibility index (Phi) is 4.94. The van der Waals surface area contributed by atoms with E-state index in [-0.39, 0.29) is 24.2 Å². The number of rotatable bonds is 5. The van der Waals surface area contributed by atoms with Gasteiger partial charge in [0, 0.05) is 21.6 Å². The van der Waals surface area contributed by atoms with E-state index < -0.39 is 5.97 Å². The summed E-state index contributed by atoms with van der Waals surface area (Å²) in [5.74, 6) is -0.692. The third kappa shape index (κ3) is 4.20. The van der Waals surface area contributed by atoms with Crippen molar-refractivity contribution in [3.8, 4) is 0 Å². The van der Waals surface area contributed by atoms with E-state index in [4.69, 9.17) is 4.74 Å². The molecule has 0 aliphatic heterocycles. The highest BCUT2D eigenvalue weighted by Crippen LogP contribution is 2.30. The van der Waals surface area contributed by atoms with Crippen molar-refractivity contribution in [2.45, 2.75) is 19.4 Å². The molecule has 3 rings (SSSR count). The molecule has 0 unspecified atom stereocenters. The van der Waals surface area contributed by atoms with Crippen LogP contribution in [-0.4, -0.2) is 11.9 Å². The summed E-state index contributed by atoms with van der Waals surface area (Å²) in [6, 6.07) is 10.7. The fourth-order valence-corrected chi connectivity index (χ4v) is 2.61. The van der Waals surface area contributed by atoms with Gasteiger partial charge in [-0.2, -0.15) is 0 Å². The molecule has 124 valence electrons. The van der Waals surface area contributed by atoms with Crippen LogP contribution in [0.3, 0.4) is 0 Å². The smallest absolute Gasteiger partial charge is 0.338 e. The van der Waals surface area contributed by atoms with Gasteiger partial charge in [-0.05, 0) is 49.2 Å². The summed E-state index contributed by atoms with van der Waals surface area (Å²) >= 11 is 3.23. The van der Waals surface area contributed by atoms with Gasteiger partial charge in [0.05, 0.1) is 5.56 Å². The van der Waals surface area contributed by atoms with E-state index >= 15 is 0 Å². The molecule has 0 saturated heterocycles. The van der Waals surface area contributed by atoms with Crippen LogP contribution < -0.4 is 5.32 Å². The molecule has 0 heterocycles. The zero-order valence-electron chi connectivity index (χ0n) is 12.7. The van der Waals surface area contributed by atoms with Crippen LogP contribution in [0.5, 0.6) is 0 Å². The molecule has 2 aromatic rings. The quantitative estimate of drug-likeness (QED) is 0.773. The van der Waals surface area contributed by atoms with Crippen molar-refractivity contribution in [1.29, 1.82) is 0 Å². The fraction of sp³-hybridized carbons (Fsp3) is 0.222. The lowest BCUT2D eigenvalue weighted by atomic mass is 10.2. The van der Waals surface area contributed by atoms with Gasteiger partial charge in [-0.3, -0.25) is 4.79 Å². The summed E-state index contributed by atoms with van der Waals surface area (Å²) < 4.78 is 18.8. The second-order valence-electron chi connectivity index (χ2n) is 5.65. The molecule has 2 aromatic carbocycles. The maximum atomic E-state index is 13.0. The number of amides is 1. The average molecular weight is 392 g/mol. The van der Waals surface area contributed by atoms with E-state index in [0.717, 1.165) is 12.8 Å². The summed E-state index contributed by atoms with van der Waals surface area (Å²) in [4.78, 5) is 23.7. The molecular weight excluding hydrogens is 377 g/mol. The van der Waals surface area contributed by atoms with Crippen LogP contribution in [0, 0.1) is 11.7 Å². The number of carbonyl (C=O) groups is 2. The minimum Gasteiger partial charge on any atom is -0.457 e. The first kappa shape index (κ1) is 16.6. The Morgan fingerprint density at radius 3 is 2.50 bits per heavy atom. The summed E-state index contributed by atoms with van der Waals surface area (Å²) in [5, 5.41) is 2.81. The van der Waals surface area contributed by atoms with Crippen LogP contribution >= 0.6 is 15.9 Å². The third-order valence-corrected chi connectivity index (χ3v) is 4.45. The van der Waals surface area contributed by atoms with Gasteiger partial charge in [0.2, 0.25) is 5.91 Å². The molecule has 1 N–H and O–H groups in total. The van der Waals surface area contributed by atoms with Gasteiger partial charge in [0.15, 0.2) is 0 Å². The van der Waals surface area contributed by atoms with Gasteiger partial charge in [-0.15, -0.1) is 0 Å². The highest BCUT2D eigenvalue weighted by Gasteiger charge is 2.29. The third-order valence-electron chi connectivity index (χ3n) is 3.71. The summed E-state index contributed by atoms with van der Waals surface area (Å²) in [7, 11) is 0. The largest absolute Gasteiger partial charge is 0.457 e. The number of ether oxygens (including phenoxy) is 1. The maximum Gasteiger partial charge on any atom is 0.338 e. The lowest BCUT2D eigenvalue weighted by Crippen LogP contribution is -2.13. The van der Waals surface area contributed by atoms with E-state index in [1.165, 1.54) is 12.1 Å². The van der Waals surface area contributed by atoms with Gasteiger partial charge < -0.3 is 10.1 Å². The van der Waals surface area contributed by atoms with Crippen molar-refractivity contribution in [2.24, 2.45) is 5.92 Å². The second kappa shape index (κ2) is 7.13. The summed E-state index contributed by atoms with van der Waals surface area (Å²) in [5.41, 5.74) is 1.72. The minimum absolute atomic E-state index is 0.0199. The first-order valence-electron chi connectivity index (χ1n) is 7.55.